The van der Waals surface area contributed by atoms with Crippen molar-refractivity contribution in [3.8, 4) is 0 Å². The molecule has 0 bridgehead atoms. The molecular weight excluding hydrogens is 312 g/mol. The minimum absolute atomic E-state index is 0.164. The Labute approximate surface area is 130 Å². The van der Waals surface area contributed by atoms with Crippen molar-refractivity contribution in [2.45, 2.75) is 18.3 Å². The molecule has 2 atom stereocenters. The molecule has 0 amide bonds. The summed E-state index contributed by atoms with van der Waals surface area (Å²) in [5.41, 5.74) is 2.94. The number of halogens is 3. The molecule has 1 unspecified atom stereocenters. The lowest BCUT2D eigenvalue weighted by atomic mass is 10.1. The highest BCUT2D eigenvalue weighted by Crippen LogP contribution is 2.55. The number of nitrogens with zero attached hydrogens (tertiary/aromatic N) is 3. The minimum atomic E-state index is -0.389. The molecule has 0 aliphatic heterocycles. The Balaban J connectivity index is 1.72. The first-order chi connectivity index (χ1) is 10.1. The zero-order valence-electron chi connectivity index (χ0n) is 10.8. The number of hydrogen-bond donors (Lipinski definition) is 0. The molecule has 3 nitrogen and oxygen atoms in total. The molecule has 21 heavy (non-hydrogen) atoms. The van der Waals surface area contributed by atoms with Crippen LogP contribution >= 0.6 is 23.2 Å². The van der Waals surface area contributed by atoms with Gasteiger partial charge in [0.25, 0.3) is 0 Å². The van der Waals surface area contributed by atoms with Crippen LogP contribution in [0.15, 0.2) is 36.7 Å². The van der Waals surface area contributed by atoms with Gasteiger partial charge in [-0.25, -0.2) is 13.9 Å². The van der Waals surface area contributed by atoms with Crippen molar-refractivity contribution in [1.29, 1.82) is 0 Å². The average molecular weight is 322 g/mol. The first-order valence-corrected chi connectivity index (χ1v) is 7.34. The van der Waals surface area contributed by atoms with Gasteiger partial charge in [-0.3, -0.25) is 0 Å². The summed E-state index contributed by atoms with van der Waals surface area (Å²) in [5, 5.41) is 4.79. The number of imidazole rings is 1. The molecular formula is C15H10Cl2FN3. The maximum atomic E-state index is 13.3. The smallest absolute Gasteiger partial charge is 0.157 e. The molecule has 1 aromatic carbocycles. The third kappa shape index (κ3) is 2.19. The summed E-state index contributed by atoms with van der Waals surface area (Å²) in [4.78, 5) is 4.34. The molecule has 1 aliphatic rings. The maximum absolute atomic E-state index is 13.3. The van der Waals surface area contributed by atoms with Crippen LogP contribution in [0.5, 0.6) is 0 Å². The van der Waals surface area contributed by atoms with Crippen molar-refractivity contribution in [3.63, 3.8) is 0 Å². The Hall–Kier alpha value is -1.65. The summed E-state index contributed by atoms with van der Waals surface area (Å²) in [6, 6.07) is 6.77. The van der Waals surface area contributed by atoms with Crippen molar-refractivity contribution in [3.05, 3.63) is 63.8 Å². The number of aromatic nitrogens is 3. The summed E-state index contributed by atoms with van der Waals surface area (Å²) >= 11 is 11.9. The molecule has 106 valence electrons. The molecule has 2 aromatic heterocycles. The van der Waals surface area contributed by atoms with Gasteiger partial charge in [0.05, 0.1) is 5.02 Å². The van der Waals surface area contributed by atoms with Crippen LogP contribution < -0.4 is 0 Å². The zero-order chi connectivity index (χ0) is 14.6. The maximum Gasteiger partial charge on any atom is 0.157 e. The molecule has 6 heteroatoms. The van der Waals surface area contributed by atoms with Crippen LogP contribution in [0, 0.1) is 5.82 Å². The van der Waals surface area contributed by atoms with Crippen molar-refractivity contribution < 1.29 is 4.39 Å². The van der Waals surface area contributed by atoms with Gasteiger partial charge in [-0.05, 0) is 42.0 Å². The Morgan fingerprint density at radius 3 is 2.86 bits per heavy atom. The van der Waals surface area contributed by atoms with E-state index in [0.29, 0.717) is 17.0 Å². The molecule has 0 spiro atoms. The predicted octanol–water partition coefficient (Wildman–Crippen LogP) is 4.45. The summed E-state index contributed by atoms with van der Waals surface area (Å²) in [6.45, 7) is 0. The first-order valence-electron chi connectivity index (χ1n) is 6.58. The van der Waals surface area contributed by atoms with Gasteiger partial charge in [0.2, 0.25) is 0 Å². The fourth-order valence-electron chi connectivity index (χ4n) is 2.83. The molecule has 0 radical (unpaired) electrons. The second-order valence-electron chi connectivity index (χ2n) is 5.24. The summed E-state index contributed by atoms with van der Waals surface area (Å²) in [5.74, 6) is 0.249. The van der Waals surface area contributed by atoms with Gasteiger partial charge < -0.3 is 0 Å². The molecule has 1 saturated carbocycles. The monoisotopic (exact) mass is 321 g/mol. The van der Waals surface area contributed by atoms with Gasteiger partial charge in [0.15, 0.2) is 5.65 Å². The fraction of sp³-hybridized carbons (Fsp3) is 0.200. The van der Waals surface area contributed by atoms with E-state index in [9.17, 15) is 4.39 Å². The van der Waals surface area contributed by atoms with E-state index in [1.165, 1.54) is 6.07 Å². The normalized spacial score (nSPS) is 20.9. The van der Waals surface area contributed by atoms with Gasteiger partial charge in [-0.15, -0.1) is 0 Å². The lowest BCUT2D eigenvalue weighted by Gasteiger charge is -2.05. The summed E-state index contributed by atoms with van der Waals surface area (Å²) in [6.07, 6.45) is 4.45. The van der Waals surface area contributed by atoms with E-state index in [-0.39, 0.29) is 10.8 Å². The molecule has 1 aliphatic carbocycles. The first kappa shape index (κ1) is 13.0. The largest absolute Gasteiger partial charge is 0.235 e. The molecule has 4 rings (SSSR count). The van der Waals surface area contributed by atoms with Crippen LogP contribution in [0.4, 0.5) is 4.39 Å². The van der Waals surface area contributed by atoms with E-state index < -0.39 is 0 Å². The lowest BCUT2D eigenvalue weighted by Crippen LogP contribution is -1.96. The SMILES string of the molecule is Fc1ccc([C@H]2CC2c2cc(Cl)nn3ccnc23)cc1Cl. The molecule has 3 aromatic rings. The third-order valence-corrected chi connectivity index (χ3v) is 4.39. The van der Waals surface area contributed by atoms with E-state index in [2.05, 4.69) is 10.1 Å². The predicted molar refractivity (Wildman–Crippen MR) is 79.5 cm³/mol. The average Bonchev–Trinajstić information content (AvgIpc) is 3.11. The van der Waals surface area contributed by atoms with Crippen molar-refractivity contribution >= 4 is 28.8 Å². The summed E-state index contributed by atoms with van der Waals surface area (Å²) < 4.78 is 14.9. The zero-order valence-corrected chi connectivity index (χ0v) is 12.3. The van der Waals surface area contributed by atoms with Crippen molar-refractivity contribution in [1.82, 2.24) is 14.6 Å². The van der Waals surface area contributed by atoms with Crippen molar-refractivity contribution in [2.24, 2.45) is 0 Å². The molecule has 2 heterocycles. The Morgan fingerprint density at radius 1 is 1.19 bits per heavy atom. The van der Waals surface area contributed by atoms with E-state index in [1.807, 2.05) is 6.07 Å². The number of fused-ring (bicyclic) bond motifs is 1. The number of rotatable bonds is 2. The topological polar surface area (TPSA) is 30.2 Å². The Kier molecular flexibility index (Phi) is 2.91. The summed E-state index contributed by atoms with van der Waals surface area (Å²) in [7, 11) is 0. The standard InChI is InChI=1S/C15H10Cl2FN3/c16-12-5-8(1-2-13(12)18)9-6-10(9)11-7-14(17)20-21-4-3-19-15(11)21/h1-5,7,9-10H,6H2/t9-,10?/m1/s1. The van der Waals surface area contributed by atoms with Gasteiger partial charge >= 0.3 is 0 Å². The van der Waals surface area contributed by atoms with Crippen LogP contribution in [0.1, 0.15) is 29.4 Å². The van der Waals surface area contributed by atoms with Gasteiger partial charge in [0.1, 0.15) is 11.0 Å². The second-order valence-corrected chi connectivity index (χ2v) is 6.03. The highest BCUT2D eigenvalue weighted by molar-refractivity contribution is 6.30. The molecule has 0 saturated heterocycles. The Bertz CT molecular complexity index is 846. The number of hydrogen-bond acceptors (Lipinski definition) is 2. The van der Waals surface area contributed by atoms with Crippen LogP contribution in [0.2, 0.25) is 10.2 Å². The number of benzene rings is 1. The van der Waals surface area contributed by atoms with Gasteiger partial charge in [0, 0.05) is 18.0 Å². The molecule has 1 fully saturated rings. The van der Waals surface area contributed by atoms with Crippen molar-refractivity contribution in [2.75, 3.05) is 0 Å². The van der Waals surface area contributed by atoms with E-state index in [1.54, 1.807) is 29.0 Å². The van der Waals surface area contributed by atoms with Gasteiger partial charge in [-0.1, -0.05) is 29.3 Å². The van der Waals surface area contributed by atoms with E-state index in [0.717, 1.165) is 23.2 Å². The highest BCUT2D eigenvalue weighted by Gasteiger charge is 2.41. The van der Waals surface area contributed by atoms with Crippen LogP contribution in [-0.4, -0.2) is 14.6 Å². The Morgan fingerprint density at radius 2 is 2.05 bits per heavy atom. The van der Waals surface area contributed by atoms with Crippen LogP contribution in [0.25, 0.3) is 5.65 Å². The van der Waals surface area contributed by atoms with Crippen LogP contribution in [-0.2, 0) is 0 Å². The van der Waals surface area contributed by atoms with Crippen LogP contribution in [0.3, 0.4) is 0 Å². The third-order valence-electron chi connectivity index (χ3n) is 3.92. The van der Waals surface area contributed by atoms with Gasteiger partial charge in [-0.2, -0.15) is 5.10 Å². The quantitative estimate of drug-likeness (QED) is 0.698. The second kappa shape index (κ2) is 4.68. The molecule has 0 N–H and O–H groups in total. The minimum Gasteiger partial charge on any atom is -0.235 e. The highest BCUT2D eigenvalue weighted by atomic mass is 35.5. The van der Waals surface area contributed by atoms with E-state index >= 15 is 0 Å². The van der Waals surface area contributed by atoms with E-state index in [4.69, 9.17) is 23.2 Å². The lowest BCUT2D eigenvalue weighted by molar-refractivity contribution is 0.627. The fourth-order valence-corrected chi connectivity index (χ4v) is 3.22.